The fourth-order valence-corrected chi connectivity index (χ4v) is 1.26. The van der Waals surface area contributed by atoms with Crippen molar-refractivity contribution < 1.29 is 26.4 Å². The standard InChI is InChI=1S/C11H13O2.2C3H9P.Ni/c1-11(2,3)9-7-5-4-6-8(9)10(12)13;2*1-4(2)3;/h4-7H,1H2,2-3H3,(H,12,13);2*1-3H3;/q-1;;;/p+2. The van der Waals surface area contributed by atoms with Crippen LogP contribution in [0.1, 0.15) is 29.8 Å². The minimum atomic E-state index is -0.896. The molecule has 0 radical (unpaired) electrons. The van der Waals surface area contributed by atoms with E-state index in [0.29, 0.717) is 5.56 Å². The van der Waals surface area contributed by atoms with Crippen LogP contribution in [0, 0.1) is 6.92 Å². The predicted octanol–water partition coefficient (Wildman–Crippen LogP) is 4.67. The van der Waals surface area contributed by atoms with Gasteiger partial charge in [-0.05, 0) is 21.9 Å². The van der Waals surface area contributed by atoms with Crippen molar-refractivity contribution in [3.05, 3.63) is 42.3 Å². The van der Waals surface area contributed by atoms with Crippen LogP contribution in [-0.4, -0.2) is 51.1 Å². The molecule has 0 atom stereocenters. The van der Waals surface area contributed by atoms with Gasteiger partial charge in [0.05, 0.1) is 5.56 Å². The Morgan fingerprint density at radius 2 is 1.32 bits per heavy atom. The summed E-state index contributed by atoms with van der Waals surface area (Å²) in [6, 6.07) is 6.95. The minimum absolute atomic E-state index is 0. The zero-order valence-corrected chi connectivity index (χ0v) is 18.2. The van der Waals surface area contributed by atoms with Crippen LogP contribution in [0.5, 0.6) is 0 Å². The molecule has 132 valence electrons. The zero-order chi connectivity index (χ0) is 17.2. The molecule has 0 heterocycles. The summed E-state index contributed by atoms with van der Waals surface area (Å²) in [5.41, 5.74) is 0.736. The third kappa shape index (κ3) is 16.4. The Balaban J connectivity index is -0.000000338. The molecule has 2 nitrogen and oxygen atoms in total. The van der Waals surface area contributed by atoms with Crippen molar-refractivity contribution in [2.75, 3.05) is 40.0 Å². The Labute approximate surface area is 149 Å². The zero-order valence-electron chi connectivity index (χ0n) is 15.2. The molecule has 0 aliphatic carbocycles. The van der Waals surface area contributed by atoms with Crippen molar-refractivity contribution in [1.29, 1.82) is 0 Å². The van der Waals surface area contributed by atoms with E-state index >= 15 is 0 Å². The SMILES string of the molecule is C[PH+](C)C.C[PH+](C)C.[CH2-]C(C)(C)c1ccccc1C(=O)O.[Ni]. The summed E-state index contributed by atoms with van der Waals surface area (Å²) in [5.74, 6) is -0.896. The summed E-state index contributed by atoms with van der Waals surface area (Å²) in [5, 5.41) is 8.90. The molecule has 0 fully saturated rings. The minimum Gasteiger partial charge on any atom is -0.478 e. The summed E-state index contributed by atoms with van der Waals surface area (Å²) in [6.45, 7) is 21.3. The molecule has 0 aromatic heterocycles. The molecule has 0 aliphatic heterocycles. The van der Waals surface area contributed by atoms with Gasteiger partial charge in [0.1, 0.15) is 0 Å². The van der Waals surface area contributed by atoms with Crippen LogP contribution >= 0.6 is 15.8 Å². The van der Waals surface area contributed by atoms with E-state index in [1.165, 1.54) is 0 Å². The molecule has 0 amide bonds. The third-order valence-corrected chi connectivity index (χ3v) is 1.89. The molecule has 0 unspecified atom stereocenters. The van der Waals surface area contributed by atoms with Crippen molar-refractivity contribution in [2.45, 2.75) is 19.3 Å². The van der Waals surface area contributed by atoms with Crippen LogP contribution in [0.25, 0.3) is 0 Å². The Hall–Kier alpha value is 0.0435. The fourth-order valence-electron chi connectivity index (χ4n) is 1.26. The number of rotatable bonds is 2. The fraction of sp³-hybridized carbons (Fsp3) is 0.529. The Morgan fingerprint density at radius 1 is 1.00 bits per heavy atom. The molecule has 1 aromatic carbocycles. The van der Waals surface area contributed by atoms with E-state index in [-0.39, 0.29) is 37.7 Å². The first-order valence-corrected chi connectivity index (χ1v) is 13.1. The molecule has 0 aliphatic rings. The van der Waals surface area contributed by atoms with Gasteiger partial charge in [-0.2, -0.15) is 0 Å². The smallest absolute Gasteiger partial charge is 0.335 e. The van der Waals surface area contributed by atoms with Crippen molar-refractivity contribution in [1.82, 2.24) is 0 Å². The van der Waals surface area contributed by atoms with Crippen molar-refractivity contribution in [2.24, 2.45) is 0 Å². The second-order valence-corrected chi connectivity index (χ2v) is 12.7. The van der Waals surface area contributed by atoms with Crippen LogP contribution in [0.3, 0.4) is 0 Å². The first-order chi connectivity index (χ1) is 9.39. The van der Waals surface area contributed by atoms with Crippen molar-refractivity contribution in [3.8, 4) is 0 Å². The van der Waals surface area contributed by atoms with Gasteiger partial charge < -0.3 is 12.0 Å². The van der Waals surface area contributed by atoms with Gasteiger partial charge in [-0.3, -0.25) is 0 Å². The quantitative estimate of drug-likeness (QED) is 0.453. The van der Waals surface area contributed by atoms with Gasteiger partial charge in [0.25, 0.3) is 0 Å². The molecular weight excluding hydrogens is 357 g/mol. The van der Waals surface area contributed by atoms with Crippen LogP contribution in [0.15, 0.2) is 24.3 Å². The van der Waals surface area contributed by atoms with E-state index in [2.05, 4.69) is 46.9 Å². The second kappa shape index (κ2) is 13.5. The van der Waals surface area contributed by atoms with Gasteiger partial charge in [0, 0.05) is 56.5 Å². The number of carboxylic acid groups (broad SMARTS) is 1. The average Bonchev–Trinajstić information content (AvgIpc) is 2.26. The van der Waals surface area contributed by atoms with E-state index < -0.39 is 5.97 Å². The average molecular weight is 390 g/mol. The van der Waals surface area contributed by atoms with Gasteiger partial charge >= 0.3 is 5.97 Å². The summed E-state index contributed by atoms with van der Waals surface area (Å²) >= 11 is 0. The maximum atomic E-state index is 10.8. The summed E-state index contributed by atoms with van der Waals surface area (Å²) in [6.07, 6.45) is 0. The van der Waals surface area contributed by atoms with Gasteiger partial charge in [-0.25, -0.2) is 4.79 Å². The predicted molar refractivity (Wildman–Crippen MR) is 104 cm³/mol. The molecule has 0 saturated carbocycles. The number of carbonyl (C=O) groups is 1. The van der Waals surface area contributed by atoms with Gasteiger partial charge in [-0.15, -0.1) is 5.41 Å². The van der Waals surface area contributed by atoms with E-state index in [1.807, 2.05) is 19.9 Å². The van der Waals surface area contributed by atoms with Gasteiger partial charge in [0.15, 0.2) is 0 Å². The summed E-state index contributed by atoms with van der Waals surface area (Å²) in [4.78, 5) is 10.8. The number of aromatic carboxylic acids is 1. The first kappa shape index (κ1) is 26.9. The van der Waals surface area contributed by atoms with Gasteiger partial charge in [0.2, 0.25) is 0 Å². The molecule has 1 rings (SSSR count). The molecular formula is C17H33NiO2P2+. The molecule has 0 saturated heterocycles. The first-order valence-electron chi connectivity index (χ1n) is 7.11. The number of hydrogen-bond donors (Lipinski definition) is 1. The summed E-state index contributed by atoms with van der Waals surface area (Å²) in [7, 11) is 0.241. The van der Waals surface area contributed by atoms with E-state index in [0.717, 1.165) is 5.56 Å². The third-order valence-electron chi connectivity index (χ3n) is 1.89. The topological polar surface area (TPSA) is 37.3 Å². The molecule has 0 bridgehead atoms. The van der Waals surface area contributed by atoms with E-state index in [9.17, 15) is 4.79 Å². The van der Waals surface area contributed by atoms with Crippen molar-refractivity contribution in [3.63, 3.8) is 0 Å². The maximum absolute atomic E-state index is 10.8. The van der Waals surface area contributed by atoms with E-state index in [4.69, 9.17) is 5.11 Å². The van der Waals surface area contributed by atoms with Crippen LogP contribution in [0.2, 0.25) is 0 Å². The monoisotopic (exact) mass is 389 g/mol. The van der Waals surface area contributed by atoms with Crippen LogP contribution < -0.4 is 0 Å². The second-order valence-electron chi connectivity index (χ2n) is 6.73. The summed E-state index contributed by atoms with van der Waals surface area (Å²) < 4.78 is 0. The molecule has 0 spiro atoms. The molecule has 1 aromatic rings. The normalized spacial score (nSPS) is 9.95. The molecule has 22 heavy (non-hydrogen) atoms. The number of carboxylic acids is 1. The van der Waals surface area contributed by atoms with Crippen molar-refractivity contribution >= 4 is 21.8 Å². The Morgan fingerprint density at radius 3 is 1.55 bits per heavy atom. The molecule has 1 N–H and O–H groups in total. The number of benzene rings is 1. The number of hydrogen-bond acceptors (Lipinski definition) is 1. The Kier molecular flexibility index (Phi) is 16.5. The van der Waals surface area contributed by atoms with Crippen LogP contribution in [0.4, 0.5) is 0 Å². The van der Waals surface area contributed by atoms with Gasteiger partial charge in [-0.1, -0.05) is 37.6 Å². The largest absolute Gasteiger partial charge is 0.478 e. The van der Waals surface area contributed by atoms with Crippen LogP contribution in [-0.2, 0) is 21.9 Å². The van der Waals surface area contributed by atoms with E-state index in [1.54, 1.807) is 18.2 Å². The maximum Gasteiger partial charge on any atom is 0.335 e. The molecule has 5 heteroatoms. The Bertz CT molecular complexity index is 402.